The monoisotopic (exact) mass is 342 g/mol. The summed E-state index contributed by atoms with van der Waals surface area (Å²) in [6.07, 6.45) is 3.40. The highest BCUT2D eigenvalue weighted by molar-refractivity contribution is 9.10. The van der Waals surface area contributed by atoms with Gasteiger partial charge in [0.2, 0.25) is 0 Å². The van der Waals surface area contributed by atoms with Crippen molar-refractivity contribution in [2.24, 2.45) is 5.41 Å². The van der Waals surface area contributed by atoms with Gasteiger partial charge in [-0.25, -0.2) is 9.78 Å². The van der Waals surface area contributed by atoms with Crippen molar-refractivity contribution >= 4 is 27.7 Å². The van der Waals surface area contributed by atoms with Crippen LogP contribution in [0.5, 0.6) is 0 Å². The first-order valence-electron chi connectivity index (χ1n) is 6.56. The van der Waals surface area contributed by atoms with Gasteiger partial charge in [0, 0.05) is 13.1 Å². The first-order chi connectivity index (χ1) is 9.36. The topological polar surface area (TPSA) is 58.6 Å². The SMILES string of the molecule is CC(C)(C)C(=O)ON1CCN(c2cncc(Br)n2)CC1. The maximum absolute atomic E-state index is 11.8. The van der Waals surface area contributed by atoms with Crippen molar-refractivity contribution in [1.82, 2.24) is 15.0 Å². The molecule has 0 saturated carbocycles. The molecule has 2 heterocycles. The van der Waals surface area contributed by atoms with Crippen molar-refractivity contribution in [3.8, 4) is 0 Å². The highest BCUT2D eigenvalue weighted by atomic mass is 79.9. The van der Waals surface area contributed by atoms with E-state index in [-0.39, 0.29) is 5.97 Å². The van der Waals surface area contributed by atoms with Crippen LogP contribution in [0.15, 0.2) is 17.0 Å². The second-order valence-electron chi connectivity index (χ2n) is 5.74. The van der Waals surface area contributed by atoms with Crippen molar-refractivity contribution in [3.63, 3.8) is 0 Å². The van der Waals surface area contributed by atoms with Gasteiger partial charge >= 0.3 is 5.97 Å². The molecule has 6 nitrogen and oxygen atoms in total. The van der Waals surface area contributed by atoms with E-state index in [2.05, 4.69) is 30.8 Å². The molecule has 0 radical (unpaired) electrons. The number of anilines is 1. The molecule has 110 valence electrons. The van der Waals surface area contributed by atoms with Crippen molar-refractivity contribution in [2.45, 2.75) is 20.8 Å². The van der Waals surface area contributed by atoms with E-state index in [1.54, 1.807) is 17.5 Å². The fraction of sp³-hybridized carbons (Fsp3) is 0.615. The molecular weight excluding hydrogens is 324 g/mol. The molecule has 20 heavy (non-hydrogen) atoms. The van der Waals surface area contributed by atoms with Gasteiger partial charge in [0.25, 0.3) is 0 Å². The summed E-state index contributed by atoms with van der Waals surface area (Å²) in [5.74, 6) is 0.634. The Hall–Kier alpha value is -1.21. The Balaban J connectivity index is 1.88. The molecule has 1 aromatic rings. The van der Waals surface area contributed by atoms with Crippen LogP contribution in [0, 0.1) is 5.41 Å². The Bertz CT molecular complexity index is 482. The van der Waals surface area contributed by atoms with E-state index >= 15 is 0 Å². The van der Waals surface area contributed by atoms with Crippen LogP contribution in [0.25, 0.3) is 0 Å². The third-order valence-electron chi connectivity index (χ3n) is 2.98. The predicted octanol–water partition coefficient (Wildman–Crippen LogP) is 1.87. The van der Waals surface area contributed by atoms with Crippen LogP contribution >= 0.6 is 15.9 Å². The molecular formula is C13H19BrN4O2. The standard InChI is InChI=1S/C13H19BrN4O2/c1-13(2,3)12(19)20-18-6-4-17(5-7-18)11-9-15-8-10(14)16-11/h8-9H,4-7H2,1-3H3. The van der Waals surface area contributed by atoms with Gasteiger partial charge in [0.05, 0.1) is 30.9 Å². The molecule has 1 fully saturated rings. The molecule has 7 heteroatoms. The van der Waals surface area contributed by atoms with Gasteiger partial charge < -0.3 is 9.74 Å². The highest BCUT2D eigenvalue weighted by Crippen LogP contribution is 2.18. The fourth-order valence-corrected chi connectivity index (χ4v) is 2.05. The van der Waals surface area contributed by atoms with Crippen molar-refractivity contribution in [2.75, 3.05) is 31.1 Å². The molecule has 0 aliphatic carbocycles. The smallest absolute Gasteiger partial charge is 0.330 e. The molecule has 1 aromatic heterocycles. The van der Waals surface area contributed by atoms with E-state index in [0.717, 1.165) is 23.5 Å². The summed E-state index contributed by atoms with van der Waals surface area (Å²) in [5, 5.41) is 1.72. The van der Waals surface area contributed by atoms with E-state index in [1.165, 1.54) is 0 Å². The first-order valence-corrected chi connectivity index (χ1v) is 7.35. The maximum Gasteiger partial charge on any atom is 0.330 e. The molecule has 0 atom stereocenters. The Morgan fingerprint density at radius 3 is 2.45 bits per heavy atom. The summed E-state index contributed by atoms with van der Waals surface area (Å²) >= 11 is 3.32. The van der Waals surface area contributed by atoms with Crippen LogP contribution in [0.1, 0.15) is 20.8 Å². The van der Waals surface area contributed by atoms with E-state index in [0.29, 0.717) is 13.1 Å². The predicted molar refractivity (Wildman–Crippen MR) is 79.1 cm³/mol. The number of aromatic nitrogens is 2. The third-order valence-corrected chi connectivity index (χ3v) is 3.36. The quantitative estimate of drug-likeness (QED) is 0.817. The number of nitrogens with zero attached hydrogens (tertiary/aromatic N) is 4. The lowest BCUT2D eigenvalue weighted by Gasteiger charge is -2.34. The van der Waals surface area contributed by atoms with E-state index in [9.17, 15) is 4.79 Å². The van der Waals surface area contributed by atoms with Gasteiger partial charge in [0.1, 0.15) is 10.4 Å². The zero-order chi connectivity index (χ0) is 14.8. The minimum Gasteiger partial charge on any atom is -0.367 e. The van der Waals surface area contributed by atoms with Gasteiger partial charge in [-0.3, -0.25) is 4.98 Å². The summed E-state index contributed by atoms with van der Waals surface area (Å²) in [6, 6.07) is 0. The van der Waals surface area contributed by atoms with Crippen LogP contribution in [0.3, 0.4) is 0 Å². The highest BCUT2D eigenvalue weighted by Gasteiger charge is 2.28. The summed E-state index contributed by atoms with van der Waals surface area (Å²) in [7, 11) is 0. The van der Waals surface area contributed by atoms with Crippen LogP contribution in [-0.4, -0.2) is 47.2 Å². The second kappa shape index (κ2) is 6.05. The van der Waals surface area contributed by atoms with Gasteiger partial charge in [-0.1, -0.05) is 0 Å². The number of carbonyl (C=O) groups is 1. The minimum absolute atomic E-state index is 0.201. The number of carbonyl (C=O) groups excluding carboxylic acids is 1. The zero-order valence-corrected chi connectivity index (χ0v) is 13.6. The molecule has 0 aromatic carbocycles. The van der Waals surface area contributed by atoms with E-state index < -0.39 is 5.41 Å². The van der Waals surface area contributed by atoms with E-state index in [4.69, 9.17) is 4.84 Å². The van der Waals surface area contributed by atoms with Gasteiger partial charge in [0.15, 0.2) is 0 Å². The third kappa shape index (κ3) is 3.89. The lowest BCUT2D eigenvalue weighted by Crippen LogP contribution is -2.48. The lowest BCUT2D eigenvalue weighted by atomic mass is 9.98. The Morgan fingerprint density at radius 1 is 1.25 bits per heavy atom. The Labute approximate surface area is 127 Å². The Morgan fingerprint density at radius 2 is 1.90 bits per heavy atom. The number of hydrogen-bond donors (Lipinski definition) is 0. The summed E-state index contributed by atoms with van der Waals surface area (Å²) < 4.78 is 0.719. The molecule has 0 amide bonds. The molecule has 1 aliphatic heterocycles. The molecule has 0 unspecified atom stereocenters. The summed E-state index contributed by atoms with van der Waals surface area (Å²) in [4.78, 5) is 27.8. The molecule has 2 rings (SSSR count). The number of hydrogen-bond acceptors (Lipinski definition) is 6. The number of halogens is 1. The average molecular weight is 343 g/mol. The van der Waals surface area contributed by atoms with Crippen LogP contribution in [0.2, 0.25) is 0 Å². The average Bonchev–Trinajstić information content (AvgIpc) is 2.38. The van der Waals surface area contributed by atoms with Crippen LogP contribution in [-0.2, 0) is 9.63 Å². The molecule has 0 bridgehead atoms. The number of piperazine rings is 1. The van der Waals surface area contributed by atoms with Crippen LogP contribution in [0.4, 0.5) is 5.82 Å². The van der Waals surface area contributed by atoms with Crippen molar-refractivity contribution in [1.29, 1.82) is 0 Å². The molecule has 0 N–H and O–H groups in total. The largest absolute Gasteiger partial charge is 0.367 e. The lowest BCUT2D eigenvalue weighted by molar-refractivity contribution is -0.201. The van der Waals surface area contributed by atoms with Gasteiger partial charge in [-0.15, -0.1) is 5.06 Å². The van der Waals surface area contributed by atoms with Gasteiger partial charge in [-0.05, 0) is 36.7 Å². The maximum atomic E-state index is 11.8. The molecule has 1 aliphatic rings. The second-order valence-corrected chi connectivity index (χ2v) is 6.56. The number of hydroxylamine groups is 2. The number of rotatable bonds is 2. The molecule has 0 spiro atoms. The normalized spacial score (nSPS) is 17.1. The zero-order valence-electron chi connectivity index (χ0n) is 12.0. The fourth-order valence-electron chi connectivity index (χ4n) is 1.75. The van der Waals surface area contributed by atoms with Crippen molar-refractivity contribution in [3.05, 3.63) is 17.0 Å². The summed E-state index contributed by atoms with van der Waals surface area (Å²) in [6.45, 7) is 8.38. The summed E-state index contributed by atoms with van der Waals surface area (Å²) in [5.41, 5.74) is -0.479. The minimum atomic E-state index is -0.479. The van der Waals surface area contributed by atoms with Gasteiger partial charge in [-0.2, -0.15) is 0 Å². The van der Waals surface area contributed by atoms with Crippen LogP contribution < -0.4 is 4.90 Å². The van der Waals surface area contributed by atoms with E-state index in [1.807, 2.05) is 20.8 Å². The first kappa shape index (κ1) is 15.2. The Kier molecular flexibility index (Phi) is 4.59. The molecule has 1 saturated heterocycles. The van der Waals surface area contributed by atoms with Crippen molar-refractivity contribution < 1.29 is 9.63 Å².